The smallest absolute Gasteiger partial charge is 0.285 e. The molecule has 1 aromatic heterocycles. The number of ether oxygens (including phenoxy) is 1. The maximum absolute atomic E-state index is 11.4. The summed E-state index contributed by atoms with van der Waals surface area (Å²) in [6.07, 6.45) is 0.327. The zero-order valence-electron chi connectivity index (χ0n) is 11.4. The number of nitrogens with two attached hydrogens (primary N) is 1. The van der Waals surface area contributed by atoms with Crippen molar-refractivity contribution in [3.05, 3.63) is 35.7 Å². The van der Waals surface area contributed by atoms with Crippen LogP contribution in [0.5, 0.6) is 0 Å². The first-order chi connectivity index (χ1) is 9.61. The van der Waals surface area contributed by atoms with Crippen LogP contribution in [0.1, 0.15) is 20.3 Å². The quantitative estimate of drug-likeness (QED) is 0.893. The van der Waals surface area contributed by atoms with Gasteiger partial charge in [-0.05, 0) is 25.5 Å². The molecule has 6 heteroatoms. The van der Waals surface area contributed by atoms with Crippen LogP contribution in [0.15, 0.2) is 35.7 Å². The molecule has 0 aliphatic carbocycles. The number of rotatable bonds is 3. The predicted octanol–water partition coefficient (Wildman–Crippen LogP) is 1.85. The third-order valence-electron chi connectivity index (χ3n) is 3.37. The second-order valence-electron chi connectivity index (χ2n) is 4.66. The molecule has 2 heterocycles. The van der Waals surface area contributed by atoms with Crippen molar-refractivity contribution in [3.8, 4) is 0 Å². The number of para-hydroxylation sites is 2. The molecule has 6 nitrogen and oxygen atoms in total. The van der Waals surface area contributed by atoms with Gasteiger partial charge < -0.3 is 15.5 Å². The van der Waals surface area contributed by atoms with E-state index in [2.05, 4.69) is 9.97 Å². The molecule has 0 spiro atoms. The molecule has 20 heavy (non-hydrogen) atoms. The number of imidazole rings is 1. The molecule has 0 bridgehead atoms. The molecule has 0 saturated carbocycles. The fourth-order valence-corrected chi connectivity index (χ4v) is 2.50. The van der Waals surface area contributed by atoms with Crippen LogP contribution in [0, 0.1) is 0 Å². The maximum Gasteiger partial charge on any atom is 0.285 e. The number of aromatic amines is 1. The minimum absolute atomic E-state index is 0.223. The fourth-order valence-electron chi connectivity index (χ4n) is 2.50. The molecule has 2 aromatic rings. The molecule has 0 radical (unpaired) electrons. The summed E-state index contributed by atoms with van der Waals surface area (Å²) in [5.41, 5.74) is 7.93. The van der Waals surface area contributed by atoms with Gasteiger partial charge in [0.05, 0.1) is 16.7 Å². The SMILES string of the molecule is CCC1=C(C(N)=O)OC(C)N1c1nc2ccccc2[nH]1. The van der Waals surface area contributed by atoms with E-state index in [0.29, 0.717) is 12.4 Å². The van der Waals surface area contributed by atoms with Crippen LogP contribution >= 0.6 is 0 Å². The van der Waals surface area contributed by atoms with Gasteiger partial charge in [-0.3, -0.25) is 9.69 Å². The van der Waals surface area contributed by atoms with E-state index in [1.54, 1.807) is 0 Å². The second-order valence-corrected chi connectivity index (χ2v) is 4.66. The predicted molar refractivity (Wildman–Crippen MR) is 75.6 cm³/mol. The highest BCUT2D eigenvalue weighted by Gasteiger charge is 2.34. The summed E-state index contributed by atoms with van der Waals surface area (Å²) in [4.78, 5) is 21.1. The van der Waals surface area contributed by atoms with Crippen molar-refractivity contribution in [2.45, 2.75) is 26.5 Å². The van der Waals surface area contributed by atoms with E-state index in [1.165, 1.54) is 0 Å². The number of carbonyl (C=O) groups is 1. The maximum atomic E-state index is 11.4. The van der Waals surface area contributed by atoms with E-state index >= 15 is 0 Å². The van der Waals surface area contributed by atoms with Crippen LogP contribution in [-0.2, 0) is 9.53 Å². The molecule has 104 valence electrons. The van der Waals surface area contributed by atoms with Crippen LogP contribution in [0.25, 0.3) is 11.0 Å². The average molecular weight is 272 g/mol. The number of nitrogens with zero attached hydrogens (tertiary/aromatic N) is 2. The highest BCUT2D eigenvalue weighted by atomic mass is 16.5. The molecule has 1 unspecified atom stereocenters. The van der Waals surface area contributed by atoms with Gasteiger partial charge in [-0.15, -0.1) is 0 Å². The Morgan fingerprint density at radius 3 is 2.90 bits per heavy atom. The molecule has 1 amide bonds. The first kappa shape index (κ1) is 12.5. The Balaban J connectivity index is 2.09. The van der Waals surface area contributed by atoms with E-state index in [9.17, 15) is 4.79 Å². The van der Waals surface area contributed by atoms with Gasteiger partial charge in [0, 0.05) is 0 Å². The largest absolute Gasteiger partial charge is 0.463 e. The van der Waals surface area contributed by atoms with E-state index in [-0.39, 0.29) is 12.0 Å². The molecule has 1 atom stereocenters. The first-order valence-corrected chi connectivity index (χ1v) is 6.55. The summed E-state index contributed by atoms with van der Waals surface area (Å²) < 4.78 is 5.56. The minimum Gasteiger partial charge on any atom is -0.463 e. The number of hydrogen-bond acceptors (Lipinski definition) is 4. The summed E-state index contributed by atoms with van der Waals surface area (Å²) in [6, 6.07) is 7.76. The van der Waals surface area contributed by atoms with Crippen LogP contribution in [0.2, 0.25) is 0 Å². The van der Waals surface area contributed by atoms with E-state index in [1.807, 2.05) is 43.0 Å². The minimum atomic E-state index is -0.549. The zero-order chi connectivity index (χ0) is 14.3. The van der Waals surface area contributed by atoms with Gasteiger partial charge in [0.1, 0.15) is 0 Å². The van der Waals surface area contributed by atoms with E-state index in [0.717, 1.165) is 16.7 Å². The molecular weight excluding hydrogens is 256 g/mol. The van der Waals surface area contributed by atoms with Crippen molar-refractivity contribution in [1.29, 1.82) is 0 Å². The Morgan fingerprint density at radius 1 is 1.50 bits per heavy atom. The first-order valence-electron chi connectivity index (χ1n) is 6.55. The number of amides is 1. The zero-order valence-corrected chi connectivity index (χ0v) is 11.4. The lowest BCUT2D eigenvalue weighted by atomic mass is 10.2. The van der Waals surface area contributed by atoms with E-state index in [4.69, 9.17) is 10.5 Å². The summed E-state index contributed by atoms with van der Waals surface area (Å²) >= 11 is 0. The lowest BCUT2D eigenvalue weighted by molar-refractivity contribution is -0.118. The van der Waals surface area contributed by atoms with Gasteiger partial charge in [-0.2, -0.15) is 0 Å². The average Bonchev–Trinajstić information content (AvgIpc) is 2.98. The van der Waals surface area contributed by atoms with Gasteiger partial charge in [0.25, 0.3) is 5.91 Å². The van der Waals surface area contributed by atoms with Crippen LogP contribution in [0.3, 0.4) is 0 Å². The number of anilines is 1. The molecular formula is C14H16N4O2. The molecule has 0 fully saturated rings. The third kappa shape index (κ3) is 1.80. The normalized spacial score (nSPS) is 18.7. The number of H-pyrrole nitrogens is 1. The Morgan fingerprint density at radius 2 is 2.25 bits per heavy atom. The number of fused-ring (bicyclic) bond motifs is 1. The van der Waals surface area contributed by atoms with Crippen LogP contribution in [-0.4, -0.2) is 22.1 Å². The Kier molecular flexibility index (Phi) is 2.85. The van der Waals surface area contributed by atoms with Crippen molar-refractivity contribution in [2.75, 3.05) is 4.90 Å². The molecule has 3 N–H and O–H groups in total. The number of benzene rings is 1. The summed E-state index contributed by atoms with van der Waals surface area (Å²) in [5.74, 6) is 0.333. The summed E-state index contributed by atoms with van der Waals surface area (Å²) in [5, 5.41) is 0. The van der Waals surface area contributed by atoms with E-state index < -0.39 is 5.91 Å². The van der Waals surface area contributed by atoms with Crippen molar-refractivity contribution in [3.63, 3.8) is 0 Å². The third-order valence-corrected chi connectivity index (χ3v) is 3.37. The Hall–Kier alpha value is -2.50. The van der Waals surface area contributed by atoms with Gasteiger partial charge in [0.2, 0.25) is 11.7 Å². The highest BCUT2D eigenvalue weighted by molar-refractivity contribution is 5.92. The fraction of sp³-hybridized carbons (Fsp3) is 0.286. The monoisotopic (exact) mass is 272 g/mol. The molecule has 1 aliphatic heterocycles. The van der Waals surface area contributed by atoms with Crippen molar-refractivity contribution >= 4 is 22.9 Å². The lowest BCUT2D eigenvalue weighted by Gasteiger charge is -2.21. The Bertz CT molecular complexity index is 671. The highest BCUT2D eigenvalue weighted by Crippen LogP contribution is 2.32. The Labute approximate surface area is 116 Å². The van der Waals surface area contributed by atoms with Gasteiger partial charge in [-0.25, -0.2) is 4.98 Å². The number of aromatic nitrogens is 2. The number of nitrogens with one attached hydrogen (secondary N) is 1. The number of primary amides is 1. The number of carbonyl (C=O) groups excluding carboxylic acids is 1. The summed E-state index contributed by atoms with van der Waals surface area (Å²) in [7, 11) is 0. The van der Waals surface area contributed by atoms with Gasteiger partial charge in [-0.1, -0.05) is 19.1 Å². The standard InChI is InChI=1S/C14H16N4O2/c1-3-11-12(13(15)19)20-8(2)18(11)14-16-9-6-4-5-7-10(9)17-14/h4-8H,3H2,1-2H3,(H2,15,19)(H,16,17). The second kappa shape index (κ2) is 4.56. The van der Waals surface area contributed by atoms with Crippen LogP contribution in [0.4, 0.5) is 5.95 Å². The van der Waals surface area contributed by atoms with Gasteiger partial charge in [0.15, 0.2) is 6.23 Å². The molecule has 0 saturated heterocycles. The lowest BCUT2D eigenvalue weighted by Crippen LogP contribution is -2.28. The topological polar surface area (TPSA) is 84.2 Å². The molecule has 1 aliphatic rings. The van der Waals surface area contributed by atoms with Crippen LogP contribution < -0.4 is 10.6 Å². The van der Waals surface area contributed by atoms with Crippen molar-refractivity contribution < 1.29 is 9.53 Å². The van der Waals surface area contributed by atoms with Gasteiger partial charge >= 0.3 is 0 Å². The summed E-state index contributed by atoms with van der Waals surface area (Å²) in [6.45, 7) is 3.81. The van der Waals surface area contributed by atoms with Crippen molar-refractivity contribution in [2.24, 2.45) is 5.73 Å². The number of hydrogen-bond donors (Lipinski definition) is 2. The molecule has 1 aromatic carbocycles. The molecule has 3 rings (SSSR count). The number of allylic oxidation sites excluding steroid dienone is 1. The van der Waals surface area contributed by atoms with Crippen molar-refractivity contribution in [1.82, 2.24) is 9.97 Å².